The van der Waals surface area contributed by atoms with Gasteiger partial charge in [-0.1, -0.05) is 37.1 Å². The van der Waals surface area contributed by atoms with Crippen molar-refractivity contribution in [2.75, 3.05) is 25.0 Å². The van der Waals surface area contributed by atoms with E-state index in [4.69, 9.17) is 0 Å². The number of carbonyl (C=O) groups excluding carboxylic acids is 3. The van der Waals surface area contributed by atoms with Crippen LogP contribution in [-0.2, 0) is 20.8 Å². The average molecular weight is 443 g/mol. The molecule has 0 bridgehead atoms. The Labute approximate surface area is 187 Å². The number of benzene rings is 1. The van der Waals surface area contributed by atoms with Crippen LogP contribution < -0.4 is 10.6 Å². The molecule has 2 N–H and O–H groups in total. The predicted molar refractivity (Wildman–Crippen MR) is 123 cm³/mol. The van der Waals surface area contributed by atoms with Crippen LogP contribution in [0.3, 0.4) is 0 Å². The van der Waals surface area contributed by atoms with Gasteiger partial charge in [0.15, 0.2) is 5.13 Å². The third-order valence-electron chi connectivity index (χ3n) is 5.27. The third kappa shape index (κ3) is 7.47. The molecule has 0 atom stereocenters. The van der Waals surface area contributed by atoms with E-state index in [0.29, 0.717) is 24.6 Å². The molecule has 1 aliphatic rings. The van der Waals surface area contributed by atoms with Crippen LogP contribution in [0.15, 0.2) is 29.6 Å². The van der Waals surface area contributed by atoms with E-state index in [-0.39, 0.29) is 24.3 Å². The van der Waals surface area contributed by atoms with Gasteiger partial charge in [-0.3, -0.25) is 14.4 Å². The van der Waals surface area contributed by atoms with Crippen LogP contribution in [0.25, 0.3) is 11.3 Å². The van der Waals surface area contributed by atoms with Crippen molar-refractivity contribution in [2.24, 2.45) is 0 Å². The Morgan fingerprint density at radius 3 is 2.68 bits per heavy atom. The molecule has 3 rings (SSSR count). The molecule has 1 aromatic carbocycles. The van der Waals surface area contributed by atoms with Crippen molar-refractivity contribution in [3.8, 4) is 11.3 Å². The van der Waals surface area contributed by atoms with Crippen LogP contribution in [0, 0.1) is 0 Å². The molecule has 31 heavy (non-hydrogen) atoms. The number of nitrogens with one attached hydrogen (secondary N) is 2. The number of thiazole rings is 1. The molecule has 7 nitrogen and oxygen atoms in total. The van der Waals surface area contributed by atoms with Crippen molar-refractivity contribution >= 4 is 34.2 Å². The van der Waals surface area contributed by atoms with Crippen LogP contribution in [0.2, 0.25) is 0 Å². The zero-order valence-corrected chi connectivity index (χ0v) is 18.8. The summed E-state index contributed by atoms with van der Waals surface area (Å²) < 4.78 is 0. The standard InChI is InChI=1S/C23H30N4O3S/c1-17(28)24-13-6-7-18-9-11-19(12-10-18)20-16-31-23(25-20)26-21(29)15-27-14-5-3-2-4-8-22(27)30/h9-12,16H,2-8,13-15H2,1H3,(H,24,28)(H,25,26,29). The number of hydrogen-bond acceptors (Lipinski definition) is 5. The molecular formula is C23H30N4O3S. The molecule has 1 saturated heterocycles. The molecule has 0 spiro atoms. The number of carbonyl (C=O) groups is 3. The Bertz CT molecular complexity index is 894. The summed E-state index contributed by atoms with van der Waals surface area (Å²) in [6, 6.07) is 8.17. The van der Waals surface area contributed by atoms with E-state index in [1.165, 1.54) is 23.8 Å². The van der Waals surface area contributed by atoms with Gasteiger partial charge in [-0.2, -0.15) is 0 Å². The molecule has 0 saturated carbocycles. The fourth-order valence-corrected chi connectivity index (χ4v) is 4.31. The van der Waals surface area contributed by atoms with E-state index in [2.05, 4.69) is 27.8 Å². The highest BCUT2D eigenvalue weighted by Gasteiger charge is 2.19. The van der Waals surface area contributed by atoms with E-state index in [0.717, 1.165) is 49.8 Å². The Hall–Kier alpha value is -2.74. The second kappa shape index (κ2) is 11.6. The molecular weight excluding hydrogens is 412 g/mol. The number of nitrogens with zero attached hydrogens (tertiary/aromatic N) is 2. The fraction of sp³-hybridized carbons (Fsp3) is 0.478. The molecule has 0 unspecified atom stereocenters. The zero-order valence-electron chi connectivity index (χ0n) is 18.0. The van der Waals surface area contributed by atoms with Crippen LogP contribution in [0.1, 0.15) is 51.0 Å². The Balaban J connectivity index is 1.50. The second-order valence-corrected chi connectivity index (χ2v) is 8.71. The zero-order chi connectivity index (χ0) is 22.1. The maximum Gasteiger partial charge on any atom is 0.245 e. The minimum absolute atomic E-state index is 0.00440. The highest BCUT2D eigenvalue weighted by Crippen LogP contribution is 2.25. The maximum absolute atomic E-state index is 12.4. The smallest absolute Gasteiger partial charge is 0.245 e. The van der Waals surface area contributed by atoms with Gasteiger partial charge < -0.3 is 15.5 Å². The minimum Gasteiger partial charge on any atom is -0.356 e. The molecule has 1 fully saturated rings. The van der Waals surface area contributed by atoms with Gasteiger partial charge in [0.1, 0.15) is 0 Å². The largest absolute Gasteiger partial charge is 0.356 e. The monoisotopic (exact) mass is 442 g/mol. The van der Waals surface area contributed by atoms with Gasteiger partial charge in [0.25, 0.3) is 0 Å². The van der Waals surface area contributed by atoms with Gasteiger partial charge in [-0.15, -0.1) is 11.3 Å². The highest BCUT2D eigenvalue weighted by atomic mass is 32.1. The Kier molecular flexibility index (Phi) is 8.58. The summed E-state index contributed by atoms with van der Waals surface area (Å²) in [5.41, 5.74) is 3.00. The number of likely N-dealkylation sites (tertiary alicyclic amines) is 1. The molecule has 2 aromatic rings. The van der Waals surface area contributed by atoms with Crippen molar-refractivity contribution in [1.82, 2.24) is 15.2 Å². The maximum atomic E-state index is 12.4. The van der Waals surface area contributed by atoms with Crippen LogP contribution in [-0.4, -0.2) is 47.2 Å². The van der Waals surface area contributed by atoms with Gasteiger partial charge in [0, 0.05) is 37.4 Å². The summed E-state index contributed by atoms with van der Waals surface area (Å²) in [5.74, 6) is -0.147. The first kappa shape index (κ1) is 22.9. The second-order valence-electron chi connectivity index (χ2n) is 7.85. The van der Waals surface area contributed by atoms with Crippen molar-refractivity contribution in [3.05, 3.63) is 35.2 Å². The molecule has 3 amide bonds. The first-order chi connectivity index (χ1) is 15.0. The third-order valence-corrected chi connectivity index (χ3v) is 6.03. The van der Waals surface area contributed by atoms with E-state index < -0.39 is 0 Å². The molecule has 0 radical (unpaired) electrons. The lowest BCUT2D eigenvalue weighted by Gasteiger charge is -2.23. The first-order valence-corrected chi connectivity index (χ1v) is 11.8. The number of rotatable bonds is 8. The number of amides is 3. The van der Waals surface area contributed by atoms with Crippen molar-refractivity contribution in [2.45, 2.75) is 51.9 Å². The van der Waals surface area contributed by atoms with Gasteiger partial charge in [0.05, 0.1) is 12.2 Å². The van der Waals surface area contributed by atoms with Crippen molar-refractivity contribution in [1.29, 1.82) is 0 Å². The van der Waals surface area contributed by atoms with E-state index in [9.17, 15) is 14.4 Å². The summed E-state index contributed by atoms with van der Waals surface area (Å²) in [6.07, 6.45) is 6.36. The SMILES string of the molecule is CC(=O)NCCCc1ccc(-c2csc(NC(=O)CN3CCCCCCC3=O)n2)cc1. The lowest BCUT2D eigenvalue weighted by atomic mass is 10.1. The molecule has 8 heteroatoms. The Morgan fingerprint density at radius 2 is 1.90 bits per heavy atom. The normalized spacial score (nSPS) is 14.6. The van der Waals surface area contributed by atoms with Gasteiger partial charge in [-0.05, 0) is 31.2 Å². The fourth-order valence-electron chi connectivity index (χ4n) is 3.58. The summed E-state index contributed by atoms with van der Waals surface area (Å²) in [6.45, 7) is 2.93. The van der Waals surface area contributed by atoms with E-state index in [1.54, 1.807) is 4.90 Å². The lowest BCUT2D eigenvalue weighted by Crippen LogP contribution is -2.39. The number of anilines is 1. The topological polar surface area (TPSA) is 91.4 Å². The first-order valence-electron chi connectivity index (χ1n) is 10.9. The minimum atomic E-state index is -0.204. The van der Waals surface area contributed by atoms with Crippen molar-refractivity contribution in [3.63, 3.8) is 0 Å². The number of aryl methyl sites for hydroxylation is 1. The summed E-state index contributed by atoms with van der Waals surface area (Å²) >= 11 is 1.38. The van der Waals surface area contributed by atoms with Crippen molar-refractivity contribution < 1.29 is 14.4 Å². The van der Waals surface area contributed by atoms with Gasteiger partial charge >= 0.3 is 0 Å². The molecule has 1 aromatic heterocycles. The number of hydrogen-bond donors (Lipinski definition) is 2. The summed E-state index contributed by atoms with van der Waals surface area (Å²) in [4.78, 5) is 41.7. The average Bonchev–Trinajstić information content (AvgIpc) is 3.19. The molecule has 0 aliphatic carbocycles. The summed E-state index contributed by atoms with van der Waals surface area (Å²) in [5, 5.41) is 8.09. The van der Waals surface area contributed by atoms with Crippen LogP contribution in [0.4, 0.5) is 5.13 Å². The molecule has 166 valence electrons. The van der Waals surface area contributed by atoms with Gasteiger partial charge in [0.2, 0.25) is 17.7 Å². The van der Waals surface area contributed by atoms with Crippen LogP contribution >= 0.6 is 11.3 Å². The molecule has 2 heterocycles. The van der Waals surface area contributed by atoms with E-state index in [1.807, 2.05) is 17.5 Å². The predicted octanol–water partition coefficient (Wildman–Crippen LogP) is 3.61. The molecule has 1 aliphatic heterocycles. The highest BCUT2D eigenvalue weighted by molar-refractivity contribution is 7.14. The summed E-state index contributed by atoms with van der Waals surface area (Å²) in [7, 11) is 0. The lowest BCUT2D eigenvalue weighted by molar-refractivity contribution is -0.135. The van der Waals surface area contributed by atoms with Gasteiger partial charge in [-0.25, -0.2) is 4.98 Å². The van der Waals surface area contributed by atoms with Crippen LogP contribution in [0.5, 0.6) is 0 Å². The number of aromatic nitrogens is 1. The van der Waals surface area contributed by atoms with E-state index >= 15 is 0 Å². The Morgan fingerprint density at radius 1 is 1.13 bits per heavy atom. The quantitative estimate of drug-likeness (QED) is 0.611.